The van der Waals surface area contributed by atoms with Crippen LogP contribution >= 0.6 is 11.8 Å². The van der Waals surface area contributed by atoms with E-state index in [9.17, 15) is 0 Å². The van der Waals surface area contributed by atoms with Crippen molar-refractivity contribution in [1.29, 1.82) is 0 Å². The second-order valence-corrected chi connectivity index (χ2v) is 4.68. The number of nitrogens with two attached hydrogens (primary N) is 1. The van der Waals surface area contributed by atoms with Gasteiger partial charge in [0.25, 0.3) is 0 Å². The van der Waals surface area contributed by atoms with Crippen LogP contribution in [0.4, 0.5) is 5.69 Å². The monoisotopic (exact) mass is 194 g/mol. The Morgan fingerprint density at radius 3 is 3.08 bits per heavy atom. The third-order valence-corrected chi connectivity index (χ3v) is 3.44. The summed E-state index contributed by atoms with van der Waals surface area (Å²) in [4.78, 5) is 1.29. The van der Waals surface area contributed by atoms with Gasteiger partial charge in [-0.2, -0.15) is 0 Å². The number of benzene rings is 1. The van der Waals surface area contributed by atoms with Crippen molar-refractivity contribution in [1.82, 2.24) is 5.32 Å². The Kier molecular flexibility index (Phi) is 2.76. The summed E-state index contributed by atoms with van der Waals surface area (Å²) >= 11 is 1.92. The predicted molar refractivity (Wildman–Crippen MR) is 58.0 cm³/mol. The van der Waals surface area contributed by atoms with Crippen molar-refractivity contribution >= 4 is 17.4 Å². The minimum absolute atomic E-state index is 0.724. The molecule has 0 spiro atoms. The Bertz CT molecular complexity index is 282. The first-order valence-electron chi connectivity index (χ1n) is 4.57. The van der Waals surface area contributed by atoms with E-state index in [0.29, 0.717) is 0 Å². The van der Waals surface area contributed by atoms with E-state index in [-0.39, 0.29) is 0 Å². The first kappa shape index (κ1) is 8.91. The normalized spacial score (nSPS) is 22.0. The van der Waals surface area contributed by atoms with Gasteiger partial charge in [-0.05, 0) is 31.2 Å². The van der Waals surface area contributed by atoms with Gasteiger partial charge in [-0.1, -0.05) is 6.07 Å². The lowest BCUT2D eigenvalue weighted by atomic mass is 10.3. The zero-order valence-electron chi connectivity index (χ0n) is 7.49. The van der Waals surface area contributed by atoms with Gasteiger partial charge in [-0.15, -0.1) is 11.8 Å². The van der Waals surface area contributed by atoms with Crippen LogP contribution in [0.25, 0.3) is 0 Å². The molecule has 0 radical (unpaired) electrons. The van der Waals surface area contributed by atoms with Gasteiger partial charge < -0.3 is 11.1 Å². The maximum atomic E-state index is 5.70. The van der Waals surface area contributed by atoms with Crippen molar-refractivity contribution in [2.75, 3.05) is 18.8 Å². The van der Waals surface area contributed by atoms with E-state index >= 15 is 0 Å². The van der Waals surface area contributed by atoms with Crippen LogP contribution in [-0.2, 0) is 0 Å². The highest BCUT2D eigenvalue weighted by Gasteiger charge is 2.15. The van der Waals surface area contributed by atoms with Gasteiger partial charge in [0.05, 0.1) is 0 Å². The molecule has 70 valence electrons. The van der Waals surface area contributed by atoms with Crippen molar-refractivity contribution in [2.45, 2.75) is 16.6 Å². The van der Waals surface area contributed by atoms with E-state index in [4.69, 9.17) is 5.73 Å². The molecule has 3 heteroatoms. The number of thioether (sulfide) groups is 1. The quantitative estimate of drug-likeness (QED) is 0.704. The average Bonchev–Trinajstić information content (AvgIpc) is 2.57. The Morgan fingerprint density at radius 2 is 2.38 bits per heavy atom. The van der Waals surface area contributed by atoms with Gasteiger partial charge >= 0.3 is 0 Å². The molecule has 0 amide bonds. The minimum Gasteiger partial charge on any atom is -0.399 e. The average molecular weight is 194 g/mol. The Morgan fingerprint density at radius 1 is 1.46 bits per heavy atom. The molecular formula is C10H14N2S. The van der Waals surface area contributed by atoms with E-state index in [1.54, 1.807) is 0 Å². The fraction of sp³-hybridized carbons (Fsp3) is 0.400. The van der Waals surface area contributed by atoms with Gasteiger partial charge in [0.1, 0.15) is 0 Å². The van der Waals surface area contributed by atoms with Crippen LogP contribution in [-0.4, -0.2) is 18.3 Å². The molecule has 1 atom stereocenters. The van der Waals surface area contributed by atoms with Gasteiger partial charge in [0.2, 0.25) is 0 Å². The molecule has 1 aromatic carbocycles. The molecule has 0 saturated carbocycles. The largest absolute Gasteiger partial charge is 0.399 e. The Hall–Kier alpha value is -0.670. The fourth-order valence-corrected chi connectivity index (χ4v) is 2.69. The lowest BCUT2D eigenvalue weighted by Gasteiger charge is -2.07. The van der Waals surface area contributed by atoms with Crippen molar-refractivity contribution in [3.05, 3.63) is 24.3 Å². The van der Waals surface area contributed by atoms with E-state index in [0.717, 1.165) is 24.0 Å². The number of anilines is 1. The molecule has 1 fully saturated rings. The zero-order valence-corrected chi connectivity index (χ0v) is 8.31. The molecule has 1 saturated heterocycles. The van der Waals surface area contributed by atoms with E-state index in [1.807, 2.05) is 30.0 Å². The molecule has 2 rings (SSSR count). The summed E-state index contributed by atoms with van der Waals surface area (Å²) in [5.74, 6) is 0. The molecule has 1 aromatic rings. The molecule has 1 aliphatic rings. The molecule has 1 heterocycles. The third kappa shape index (κ3) is 2.39. The Balaban J connectivity index is 2.00. The molecular weight excluding hydrogens is 180 g/mol. The van der Waals surface area contributed by atoms with E-state index < -0.39 is 0 Å². The third-order valence-electron chi connectivity index (χ3n) is 2.18. The van der Waals surface area contributed by atoms with Crippen LogP contribution in [0, 0.1) is 0 Å². The highest BCUT2D eigenvalue weighted by Crippen LogP contribution is 2.27. The molecule has 13 heavy (non-hydrogen) atoms. The summed E-state index contributed by atoms with van der Waals surface area (Å²) < 4.78 is 0. The van der Waals surface area contributed by atoms with Gasteiger partial charge in [-0.25, -0.2) is 0 Å². The number of nitrogens with one attached hydrogen (secondary N) is 1. The first-order valence-corrected chi connectivity index (χ1v) is 5.45. The van der Waals surface area contributed by atoms with Crippen molar-refractivity contribution in [2.24, 2.45) is 0 Å². The van der Waals surface area contributed by atoms with Crippen LogP contribution in [0.15, 0.2) is 29.2 Å². The molecule has 0 unspecified atom stereocenters. The summed E-state index contributed by atoms with van der Waals surface area (Å²) in [6.07, 6.45) is 1.26. The topological polar surface area (TPSA) is 38.0 Å². The maximum Gasteiger partial charge on any atom is 0.0325 e. The number of hydrogen-bond acceptors (Lipinski definition) is 3. The van der Waals surface area contributed by atoms with Crippen LogP contribution in [0.2, 0.25) is 0 Å². The summed E-state index contributed by atoms with van der Waals surface area (Å²) in [6.45, 7) is 2.28. The lowest BCUT2D eigenvalue weighted by Crippen LogP contribution is -2.09. The summed E-state index contributed by atoms with van der Waals surface area (Å²) in [7, 11) is 0. The van der Waals surface area contributed by atoms with Crippen molar-refractivity contribution in [3.63, 3.8) is 0 Å². The number of rotatable bonds is 2. The smallest absolute Gasteiger partial charge is 0.0325 e. The van der Waals surface area contributed by atoms with Crippen LogP contribution in [0.1, 0.15) is 6.42 Å². The lowest BCUT2D eigenvalue weighted by molar-refractivity contribution is 0.858. The molecule has 0 bridgehead atoms. The first-order chi connectivity index (χ1) is 6.34. The van der Waals surface area contributed by atoms with Crippen molar-refractivity contribution in [3.8, 4) is 0 Å². The summed E-state index contributed by atoms with van der Waals surface area (Å²) in [6, 6.07) is 8.11. The number of nitrogen functional groups attached to an aromatic ring is 1. The highest BCUT2D eigenvalue weighted by atomic mass is 32.2. The maximum absolute atomic E-state index is 5.70. The highest BCUT2D eigenvalue weighted by molar-refractivity contribution is 8.00. The Labute approximate surface area is 82.9 Å². The van der Waals surface area contributed by atoms with Crippen molar-refractivity contribution < 1.29 is 0 Å². The molecule has 0 aromatic heterocycles. The molecule has 3 N–H and O–H groups in total. The van der Waals surface area contributed by atoms with E-state index in [1.165, 1.54) is 11.3 Å². The standard InChI is InChI=1S/C10H14N2S/c11-8-2-1-3-9(6-8)13-10-4-5-12-7-10/h1-3,6,10,12H,4-5,7,11H2/t10-/m1/s1. The van der Waals surface area contributed by atoms with Crippen LogP contribution in [0.3, 0.4) is 0 Å². The minimum atomic E-state index is 0.724. The predicted octanol–water partition coefficient (Wildman–Crippen LogP) is 1.72. The second-order valence-electron chi connectivity index (χ2n) is 3.31. The molecule has 1 aliphatic heterocycles. The summed E-state index contributed by atoms with van der Waals surface area (Å²) in [5.41, 5.74) is 6.56. The van der Waals surface area contributed by atoms with Crippen LogP contribution in [0.5, 0.6) is 0 Å². The molecule has 0 aliphatic carbocycles. The van der Waals surface area contributed by atoms with Crippen LogP contribution < -0.4 is 11.1 Å². The van der Waals surface area contributed by atoms with E-state index in [2.05, 4.69) is 11.4 Å². The van der Waals surface area contributed by atoms with Gasteiger partial charge in [0.15, 0.2) is 0 Å². The number of hydrogen-bond donors (Lipinski definition) is 2. The van der Waals surface area contributed by atoms with Gasteiger partial charge in [-0.3, -0.25) is 0 Å². The fourth-order valence-electron chi connectivity index (χ4n) is 1.51. The summed E-state index contributed by atoms with van der Waals surface area (Å²) in [5, 5.41) is 4.08. The SMILES string of the molecule is Nc1cccc(S[C@@H]2CCNC2)c1. The second kappa shape index (κ2) is 4.03. The molecule has 2 nitrogen and oxygen atoms in total. The van der Waals surface area contributed by atoms with Gasteiger partial charge in [0, 0.05) is 22.4 Å². The zero-order chi connectivity index (χ0) is 9.10.